The standard InChI is InChI=1S/C18H22ClN3O/c19-17-12-20-8-5-18(17)21-11-14-1-3-15(4-2-14)13-22-9-6-16(23)7-10-22/h1-5,8,12,16,23H,6-7,9-11,13H2,(H,20,21). The minimum atomic E-state index is -0.111. The van der Waals surface area contributed by atoms with Crippen molar-refractivity contribution in [2.75, 3.05) is 18.4 Å². The summed E-state index contributed by atoms with van der Waals surface area (Å²) in [5, 5.41) is 13.5. The molecule has 23 heavy (non-hydrogen) atoms. The maximum atomic E-state index is 9.56. The van der Waals surface area contributed by atoms with Gasteiger partial charge >= 0.3 is 0 Å². The largest absolute Gasteiger partial charge is 0.393 e. The van der Waals surface area contributed by atoms with E-state index in [1.807, 2.05) is 6.07 Å². The van der Waals surface area contributed by atoms with Crippen molar-refractivity contribution in [2.45, 2.75) is 32.0 Å². The monoisotopic (exact) mass is 331 g/mol. The highest BCUT2D eigenvalue weighted by molar-refractivity contribution is 6.33. The summed E-state index contributed by atoms with van der Waals surface area (Å²) in [6.07, 6.45) is 5.03. The Balaban J connectivity index is 1.52. The van der Waals surface area contributed by atoms with Crippen LogP contribution in [0.5, 0.6) is 0 Å². The first-order chi connectivity index (χ1) is 11.2. The minimum Gasteiger partial charge on any atom is -0.393 e. The van der Waals surface area contributed by atoms with Gasteiger partial charge in [-0.3, -0.25) is 9.88 Å². The molecule has 0 amide bonds. The van der Waals surface area contributed by atoms with Gasteiger partial charge in [-0.25, -0.2) is 0 Å². The van der Waals surface area contributed by atoms with Crippen molar-refractivity contribution in [3.05, 3.63) is 58.9 Å². The molecule has 2 aromatic rings. The average Bonchev–Trinajstić information content (AvgIpc) is 2.58. The lowest BCUT2D eigenvalue weighted by molar-refractivity contribution is 0.0792. The van der Waals surface area contributed by atoms with E-state index in [0.29, 0.717) is 5.02 Å². The van der Waals surface area contributed by atoms with Crippen LogP contribution >= 0.6 is 11.6 Å². The molecule has 0 aliphatic carbocycles. The van der Waals surface area contributed by atoms with Crippen molar-refractivity contribution in [3.63, 3.8) is 0 Å². The molecule has 122 valence electrons. The zero-order valence-corrected chi connectivity index (χ0v) is 13.8. The number of hydrogen-bond acceptors (Lipinski definition) is 4. The van der Waals surface area contributed by atoms with Gasteiger partial charge in [-0.15, -0.1) is 0 Å². The third-order valence-corrected chi connectivity index (χ3v) is 4.54. The molecule has 0 atom stereocenters. The molecular formula is C18H22ClN3O. The number of aliphatic hydroxyl groups is 1. The van der Waals surface area contributed by atoms with Gasteiger partial charge in [0.25, 0.3) is 0 Å². The van der Waals surface area contributed by atoms with Crippen LogP contribution in [0.15, 0.2) is 42.7 Å². The minimum absolute atomic E-state index is 0.111. The molecule has 1 fully saturated rings. The number of aromatic nitrogens is 1. The van der Waals surface area contributed by atoms with Crippen LogP contribution in [0.4, 0.5) is 5.69 Å². The fraction of sp³-hybridized carbons (Fsp3) is 0.389. The van der Waals surface area contributed by atoms with Crippen molar-refractivity contribution in [1.29, 1.82) is 0 Å². The predicted molar refractivity (Wildman–Crippen MR) is 93.5 cm³/mol. The van der Waals surface area contributed by atoms with Crippen LogP contribution in [0.2, 0.25) is 5.02 Å². The number of aliphatic hydroxyl groups excluding tert-OH is 1. The van der Waals surface area contributed by atoms with Gasteiger partial charge in [-0.05, 0) is 30.0 Å². The predicted octanol–water partition coefficient (Wildman–Crippen LogP) is 3.30. The quantitative estimate of drug-likeness (QED) is 0.882. The van der Waals surface area contributed by atoms with Crippen LogP contribution < -0.4 is 5.32 Å². The SMILES string of the molecule is OC1CCN(Cc2ccc(CNc3ccncc3Cl)cc2)CC1. The fourth-order valence-corrected chi connectivity index (χ4v) is 3.00. The number of likely N-dealkylation sites (tertiary alicyclic amines) is 1. The van der Waals surface area contributed by atoms with Crippen molar-refractivity contribution in [3.8, 4) is 0 Å². The number of anilines is 1. The first-order valence-corrected chi connectivity index (χ1v) is 8.40. The second kappa shape index (κ2) is 7.77. The molecule has 3 rings (SSSR count). The fourth-order valence-electron chi connectivity index (χ4n) is 2.81. The lowest BCUT2D eigenvalue weighted by Gasteiger charge is -2.29. The first-order valence-electron chi connectivity index (χ1n) is 8.02. The molecule has 0 bridgehead atoms. The lowest BCUT2D eigenvalue weighted by atomic mass is 10.1. The van der Waals surface area contributed by atoms with Crippen LogP contribution in [0, 0.1) is 0 Å². The highest BCUT2D eigenvalue weighted by Crippen LogP contribution is 2.20. The second-order valence-corrected chi connectivity index (χ2v) is 6.44. The zero-order valence-electron chi connectivity index (χ0n) is 13.1. The van der Waals surface area contributed by atoms with E-state index in [4.69, 9.17) is 11.6 Å². The molecule has 1 aliphatic rings. The molecule has 0 radical (unpaired) electrons. The summed E-state index contributed by atoms with van der Waals surface area (Å²) in [6, 6.07) is 10.5. The molecule has 0 unspecified atom stereocenters. The molecule has 0 spiro atoms. The van der Waals surface area contributed by atoms with E-state index in [0.717, 1.165) is 44.7 Å². The Kier molecular flexibility index (Phi) is 5.49. The number of hydrogen-bond donors (Lipinski definition) is 2. The van der Waals surface area contributed by atoms with E-state index in [9.17, 15) is 5.11 Å². The van der Waals surface area contributed by atoms with Gasteiger partial charge in [0.05, 0.1) is 16.8 Å². The number of benzene rings is 1. The van der Waals surface area contributed by atoms with Gasteiger partial charge < -0.3 is 10.4 Å². The van der Waals surface area contributed by atoms with E-state index in [1.54, 1.807) is 12.4 Å². The topological polar surface area (TPSA) is 48.4 Å². The van der Waals surface area contributed by atoms with Crippen molar-refractivity contribution in [2.24, 2.45) is 0 Å². The number of nitrogens with one attached hydrogen (secondary N) is 1. The molecular weight excluding hydrogens is 310 g/mol. The zero-order chi connectivity index (χ0) is 16.1. The third kappa shape index (κ3) is 4.67. The Morgan fingerprint density at radius 1 is 1.13 bits per heavy atom. The lowest BCUT2D eigenvalue weighted by Crippen LogP contribution is -2.35. The van der Waals surface area contributed by atoms with E-state index >= 15 is 0 Å². The van der Waals surface area contributed by atoms with Crippen LogP contribution in [-0.4, -0.2) is 34.2 Å². The molecule has 2 N–H and O–H groups in total. The molecule has 1 aromatic carbocycles. The third-order valence-electron chi connectivity index (χ3n) is 4.24. The van der Waals surface area contributed by atoms with Crippen LogP contribution in [0.25, 0.3) is 0 Å². The number of nitrogens with zero attached hydrogens (tertiary/aromatic N) is 2. The maximum absolute atomic E-state index is 9.56. The first kappa shape index (κ1) is 16.2. The van der Waals surface area contributed by atoms with Crippen LogP contribution in [0.3, 0.4) is 0 Å². The van der Waals surface area contributed by atoms with Gasteiger partial charge in [-0.2, -0.15) is 0 Å². The summed E-state index contributed by atoms with van der Waals surface area (Å²) in [4.78, 5) is 6.38. The summed E-state index contributed by atoms with van der Waals surface area (Å²) in [5.74, 6) is 0. The summed E-state index contributed by atoms with van der Waals surface area (Å²) in [7, 11) is 0. The average molecular weight is 332 g/mol. The van der Waals surface area contributed by atoms with Crippen molar-refractivity contribution < 1.29 is 5.11 Å². The smallest absolute Gasteiger partial charge is 0.0820 e. The Bertz CT molecular complexity index is 624. The number of rotatable bonds is 5. The summed E-state index contributed by atoms with van der Waals surface area (Å²) in [6.45, 7) is 3.65. The number of halogens is 1. The van der Waals surface area contributed by atoms with Gasteiger partial charge in [0.1, 0.15) is 0 Å². The maximum Gasteiger partial charge on any atom is 0.0820 e. The molecule has 2 heterocycles. The van der Waals surface area contributed by atoms with Gasteiger partial charge in [0.2, 0.25) is 0 Å². The van der Waals surface area contributed by atoms with Crippen molar-refractivity contribution >= 4 is 17.3 Å². The summed E-state index contributed by atoms with van der Waals surface area (Å²) >= 11 is 6.09. The van der Waals surface area contributed by atoms with Gasteiger partial charge in [0, 0.05) is 38.6 Å². The summed E-state index contributed by atoms with van der Waals surface area (Å²) in [5.41, 5.74) is 3.43. The van der Waals surface area contributed by atoms with Crippen LogP contribution in [-0.2, 0) is 13.1 Å². The van der Waals surface area contributed by atoms with Gasteiger partial charge in [-0.1, -0.05) is 35.9 Å². The highest BCUT2D eigenvalue weighted by Gasteiger charge is 2.16. The number of piperidine rings is 1. The van der Waals surface area contributed by atoms with Crippen LogP contribution in [0.1, 0.15) is 24.0 Å². The normalized spacial score (nSPS) is 16.4. The Morgan fingerprint density at radius 3 is 2.52 bits per heavy atom. The van der Waals surface area contributed by atoms with Gasteiger partial charge in [0.15, 0.2) is 0 Å². The molecule has 1 saturated heterocycles. The molecule has 1 aliphatic heterocycles. The molecule has 4 nitrogen and oxygen atoms in total. The Morgan fingerprint density at radius 2 is 1.83 bits per heavy atom. The Hall–Kier alpha value is -1.62. The summed E-state index contributed by atoms with van der Waals surface area (Å²) < 4.78 is 0. The highest BCUT2D eigenvalue weighted by atomic mass is 35.5. The van der Waals surface area contributed by atoms with E-state index in [-0.39, 0.29) is 6.10 Å². The molecule has 0 saturated carbocycles. The Labute approximate surface area is 142 Å². The molecule has 1 aromatic heterocycles. The van der Waals surface area contributed by atoms with Crippen molar-refractivity contribution in [1.82, 2.24) is 9.88 Å². The second-order valence-electron chi connectivity index (χ2n) is 6.03. The van der Waals surface area contributed by atoms with E-state index in [1.165, 1.54) is 11.1 Å². The van der Waals surface area contributed by atoms with E-state index in [2.05, 4.69) is 39.5 Å². The molecule has 5 heteroatoms. The van der Waals surface area contributed by atoms with E-state index < -0.39 is 0 Å². The number of pyridine rings is 1.